The van der Waals surface area contributed by atoms with Gasteiger partial charge in [0.2, 0.25) is 0 Å². The van der Waals surface area contributed by atoms with Gasteiger partial charge < -0.3 is 0 Å². The predicted molar refractivity (Wildman–Crippen MR) is 66.6 cm³/mol. The number of hydrogen-bond donors (Lipinski definition) is 1. The van der Waals surface area contributed by atoms with E-state index < -0.39 is 0 Å². The van der Waals surface area contributed by atoms with Crippen molar-refractivity contribution in [3.63, 3.8) is 0 Å². The summed E-state index contributed by atoms with van der Waals surface area (Å²) < 4.78 is 0. The van der Waals surface area contributed by atoms with Gasteiger partial charge in [0.05, 0.1) is 17.6 Å². The SMILES string of the molecule is Cc1ccccc1N/N=C\c1ccccn1. The summed E-state index contributed by atoms with van der Waals surface area (Å²) in [5.41, 5.74) is 6.00. The number of nitrogens with zero attached hydrogens (tertiary/aromatic N) is 2. The molecule has 0 amide bonds. The lowest BCUT2D eigenvalue weighted by Crippen LogP contribution is -1.93. The van der Waals surface area contributed by atoms with E-state index >= 15 is 0 Å². The van der Waals surface area contributed by atoms with E-state index in [0.717, 1.165) is 11.4 Å². The first-order valence-corrected chi connectivity index (χ1v) is 5.12. The number of hydrogen-bond acceptors (Lipinski definition) is 3. The number of anilines is 1. The van der Waals surface area contributed by atoms with Gasteiger partial charge in [-0.3, -0.25) is 10.4 Å². The molecule has 0 radical (unpaired) electrons. The van der Waals surface area contributed by atoms with Crippen LogP contribution in [0.15, 0.2) is 53.8 Å². The first-order chi connectivity index (χ1) is 7.86. The number of hydrazone groups is 1. The molecule has 0 spiro atoms. The Morgan fingerprint density at radius 1 is 1.12 bits per heavy atom. The summed E-state index contributed by atoms with van der Waals surface area (Å²) >= 11 is 0. The van der Waals surface area contributed by atoms with Crippen LogP contribution >= 0.6 is 0 Å². The van der Waals surface area contributed by atoms with Crippen LogP contribution in [0.25, 0.3) is 0 Å². The van der Waals surface area contributed by atoms with Crippen molar-refractivity contribution in [2.75, 3.05) is 5.43 Å². The Hall–Kier alpha value is -2.16. The van der Waals surface area contributed by atoms with Gasteiger partial charge >= 0.3 is 0 Å². The van der Waals surface area contributed by atoms with Crippen LogP contribution in [-0.2, 0) is 0 Å². The van der Waals surface area contributed by atoms with Gasteiger partial charge in [-0.25, -0.2) is 0 Å². The zero-order chi connectivity index (χ0) is 11.2. The highest BCUT2D eigenvalue weighted by molar-refractivity contribution is 5.77. The maximum atomic E-state index is 4.14. The molecule has 3 nitrogen and oxygen atoms in total. The van der Waals surface area contributed by atoms with Crippen molar-refractivity contribution in [3.8, 4) is 0 Å². The highest BCUT2D eigenvalue weighted by Gasteiger charge is 1.92. The molecule has 0 aliphatic rings. The Balaban J connectivity index is 2.03. The summed E-state index contributed by atoms with van der Waals surface area (Å²) in [6.45, 7) is 2.04. The van der Waals surface area contributed by atoms with Gasteiger partial charge in [0.15, 0.2) is 0 Å². The molecule has 0 bridgehead atoms. The van der Waals surface area contributed by atoms with E-state index in [-0.39, 0.29) is 0 Å². The Morgan fingerprint density at radius 2 is 1.94 bits per heavy atom. The van der Waals surface area contributed by atoms with Gasteiger partial charge in [-0.15, -0.1) is 0 Å². The number of nitrogens with one attached hydrogen (secondary N) is 1. The van der Waals surface area contributed by atoms with Crippen molar-refractivity contribution in [2.24, 2.45) is 5.10 Å². The fourth-order valence-electron chi connectivity index (χ4n) is 1.32. The third-order valence-electron chi connectivity index (χ3n) is 2.21. The minimum atomic E-state index is 0.837. The van der Waals surface area contributed by atoms with Gasteiger partial charge in [0.25, 0.3) is 0 Å². The Morgan fingerprint density at radius 3 is 2.69 bits per heavy atom. The van der Waals surface area contributed by atoms with Crippen LogP contribution in [0.1, 0.15) is 11.3 Å². The lowest BCUT2D eigenvalue weighted by Gasteiger charge is -2.02. The van der Waals surface area contributed by atoms with Crippen LogP contribution < -0.4 is 5.43 Å². The normalized spacial score (nSPS) is 10.6. The average Bonchev–Trinajstić information content (AvgIpc) is 2.33. The van der Waals surface area contributed by atoms with Gasteiger partial charge in [-0.1, -0.05) is 24.3 Å². The molecule has 2 aromatic rings. The fraction of sp³-hybridized carbons (Fsp3) is 0.0769. The highest BCUT2D eigenvalue weighted by atomic mass is 15.3. The van der Waals surface area contributed by atoms with E-state index in [9.17, 15) is 0 Å². The number of para-hydroxylation sites is 1. The van der Waals surface area contributed by atoms with E-state index in [0.29, 0.717) is 0 Å². The molecule has 80 valence electrons. The summed E-state index contributed by atoms with van der Waals surface area (Å²) in [6.07, 6.45) is 3.45. The highest BCUT2D eigenvalue weighted by Crippen LogP contribution is 2.12. The van der Waals surface area contributed by atoms with E-state index in [1.54, 1.807) is 12.4 Å². The summed E-state index contributed by atoms with van der Waals surface area (Å²) in [6, 6.07) is 13.7. The molecule has 16 heavy (non-hydrogen) atoms. The lowest BCUT2D eigenvalue weighted by molar-refractivity contribution is 1.27. The molecule has 0 aliphatic heterocycles. The van der Waals surface area contributed by atoms with Gasteiger partial charge in [0.1, 0.15) is 0 Å². The van der Waals surface area contributed by atoms with Gasteiger partial charge in [0, 0.05) is 6.20 Å². The molecule has 0 atom stereocenters. The monoisotopic (exact) mass is 211 g/mol. The Labute approximate surface area is 94.9 Å². The molecular weight excluding hydrogens is 198 g/mol. The molecule has 3 heteroatoms. The number of rotatable bonds is 3. The first kappa shape index (κ1) is 10.4. The lowest BCUT2D eigenvalue weighted by atomic mass is 10.2. The Kier molecular flexibility index (Phi) is 3.28. The van der Waals surface area contributed by atoms with Gasteiger partial charge in [-0.05, 0) is 30.7 Å². The Bertz CT molecular complexity index is 478. The molecule has 1 aromatic heterocycles. The quantitative estimate of drug-likeness (QED) is 0.626. The van der Waals surface area contributed by atoms with Crippen molar-refractivity contribution in [1.82, 2.24) is 4.98 Å². The maximum Gasteiger partial charge on any atom is 0.0830 e. The van der Waals surface area contributed by atoms with Crippen molar-refractivity contribution >= 4 is 11.9 Å². The molecule has 2 rings (SSSR count). The van der Waals surface area contributed by atoms with Crippen LogP contribution in [0.3, 0.4) is 0 Å². The second-order valence-corrected chi connectivity index (χ2v) is 3.44. The molecule has 0 fully saturated rings. The molecule has 0 aliphatic carbocycles. The van der Waals surface area contributed by atoms with Crippen LogP contribution in [0, 0.1) is 6.92 Å². The molecular formula is C13H13N3. The first-order valence-electron chi connectivity index (χ1n) is 5.12. The van der Waals surface area contributed by atoms with Crippen LogP contribution in [0.4, 0.5) is 5.69 Å². The van der Waals surface area contributed by atoms with Gasteiger partial charge in [-0.2, -0.15) is 5.10 Å². The molecule has 1 aromatic carbocycles. The van der Waals surface area contributed by atoms with Crippen molar-refractivity contribution in [1.29, 1.82) is 0 Å². The summed E-state index contributed by atoms with van der Waals surface area (Å²) in [5.74, 6) is 0. The second-order valence-electron chi connectivity index (χ2n) is 3.44. The van der Waals surface area contributed by atoms with Crippen molar-refractivity contribution < 1.29 is 0 Å². The topological polar surface area (TPSA) is 37.3 Å². The standard InChI is InChI=1S/C13H13N3/c1-11-6-2-3-8-13(11)16-15-10-12-7-4-5-9-14-12/h2-10,16H,1H3/b15-10-. The van der Waals surface area contributed by atoms with Crippen molar-refractivity contribution in [3.05, 3.63) is 59.9 Å². The molecule has 0 saturated heterocycles. The largest absolute Gasteiger partial charge is 0.278 e. The number of benzene rings is 1. The second kappa shape index (κ2) is 5.07. The summed E-state index contributed by atoms with van der Waals surface area (Å²) in [5, 5.41) is 4.14. The number of aryl methyl sites for hydroxylation is 1. The minimum absolute atomic E-state index is 0.837. The minimum Gasteiger partial charge on any atom is -0.278 e. The van der Waals surface area contributed by atoms with Crippen LogP contribution in [0.2, 0.25) is 0 Å². The van der Waals surface area contributed by atoms with Crippen LogP contribution in [0.5, 0.6) is 0 Å². The molecule has 0 saturated carbocycles. The van der Waals surface area contributed by atoms with Crippen molar-refractivity contribution in [2.45, 2.75) is 6.92 Å². The molecule has 1 heterocycles. The third-order valence-corrected chi connectivity index (χ3v) is 2.21. The number of aromatic nitrogens is 1. The number of pyridine rings is 1. The fourth-order valence-corrected chi connectivity index (χ4v) is 1.32. The zero-order valence-electron chi connectivity index (χ0n) is 9.09. The summed E-state index contributed by atoms with van der Waals surface area (Å²) in [4.78, 5) is 4.14. The van der Waals surface area contributed by atoms with Crippen LogP contribution in [-0.4, -0.2) is 11.2 Å². The maximum absolute atomic E-state index is 4.14. The molecule has 1 N–H and O–H groups in total. The van der Waals surface area contributed by atoms with E-state index in [4.69, 9.17) is 0 Å². The molecule has 0 unspecified atom stereocenters. The third kappa shape index (κ3) is 2.67. The predicted octanol–water partition coefficient (Wildman–Crippen LogP) is 2.84. The van der Waals surface area contributed by atoms with E-state index in [1.165, 1.54) is 5.56 Å². The van der Waals surface area contributed by atoms with E-state index in [2.05, 4.69) is 15.5 Å². The zero-order valence-corrected chi connectivity index (χ0v) is 9.09. The smallest absolute Gasteiger partial charge is 0.0830 e. The summed E-state index contributed by atoms with van der Waals surface area (Å²) in [7, 11) is 0. The average molecular weight is 211 g/mol. The van der Waals surface area contributed by atoms with E-state index in [1.807, 2.05) is 49.4 Å².